The van der Waals surface area contributed by atoms with Crippen molar-refractivity contribution in [1.82, 2.24) is 9.88 Å². The summed E-state index contributed by atoms with van der Waals surface area (Å²) in [5, 5.41) is 9.92. The smallest absolute Gasteiger partial charge is 0.222 e. The fourth-order valence-electron chi connectivity index (χ4n) is 1.66. The predicted octanol–water partition coefficient (Wildman–Crippen LogP) is 2.53. The highest BCUT2D eigenvalue weighted by atomic mass is 32.2. The molecule has 0 saturated carbocycles. The zero-order valence-electron chi connectivity index (χ0n) is 11.9. The Balaban J connectivity index is 2.59. The van der Waals surface area contributed by atoms with E-state index in [1.165, 1.54) is 0 Å². The van der Waals surface area contributed by atoms with E-state index in [1.54, 1.807) is 30.8 Å². The van der Waals surface area contributed by atoms with Crippen LogP contribution in [-0.2, 0) is 4.79 Å². The van der Waals surface area contributed by atoms with Crippen molar-refractivity contribution in [3.63, 3.8) is 0 Å². The van der Waals surface area contributed by atoms with Crippen molar-refractivity contribution in [2.24, 2.45) is 0 Å². The topological polar surface area (TPSA) is 57.0 Å². The molecule has 1 rings (SSSR count). The normalized spacial score (nSPS) is 10.1. The summed E-state index contributed by atoms with van der Waals surface area (Å²) < 4.78 is 0. The Labute approximate surface area is 118 Å². The summed E-state index contributed by atoms with van der Waals surface area (Å²) in [4.78, 5) is 17.4. The van der Waals surface area contributed by atoms with E-state index in [4.69, 9.17) is 5.26 Å². The molecule has 1 aromatic heterocycles. The van der Waals surface area contributed by atoms with Crippen LogP contribution in [-0.4, -0.2) is 35.6 Å². The molecule has 0 radical (unpaired) electrons. The number of aryl methyl sites for hydroxylation is 2. The molecule has 102 valence electrons. The summed E-state index contributed by atoms with van der Waals surface area (Å²) in [6, 6.07) is 4.12. The molecule has 1 aromatic rings. The summed E-state index contributed by atoms with van der Waals surface area (Å²) >= 11 is 1.55. The van der Waals surface area contributed by atoms with Crippen LogP contribution >= 0.6 is 11.8 Å². The van der Waals surface area contributed by atoms with Gasteiger partial charge in [0.25, 0.3) is 0 Å². The Morgan fingerprint density at radius 1 is 1.47 bits per heavy atom. The fraction of sp³-hybridized carbons (Fsp3) is 0.500. The standard InChI is InChI=1S/C14H19N3OS/c1-10-8-11(2)16-14(12(10)9-15)19-7-5-6-13(18)17(3)4/h8H,5-7H2,1-4H3. The molecule has 0 aliphatic heterocycles. The van der Waals surface area contributed by atoms with Gasteiger partial charge in [-0.1, -0.05) is 0 Å². The maximum Gasteiger partial charge on any atom is 0.222 e. The van der Waals surface area contributed by atoms with Gasteiger partial charge in [0, 0.05) is 32.0 Å². The second-order valence-electron chi connectivity index (χ2n) is 4.61. The Morgan fingerprint density at radius 2 is 2.16 bits per heavy atom. The molecule has 4 nitrogen and oxygen atoms in total. The lowest BCUT2D eigenvalue weighted by atomic mass is 10.1. The molecule has 19 heavy (non-hydrogen) atoms. The number of nitriles is 1. The lowest BCUT2D eigenvalue weighted by molar-refractivity contribution is -0.128. The highest BCUT2D eigenvalue weighted by Crippen LogP contribution is 2.24. The molecule has 0 saturated heterocycles. The van der Waals surface area contributed by atoms with E-state index in [-0.39, 0.29) is 5.91 Å². The Kier molecular flexibility index (Phi) is 5.84. The number of nitrogens with zero attached hydrogens (tertiary/aromatic N) is 3. The van der Waals surface area contributed by atoms with Crippen molar-refractivity contribution in [3.05, 3.63) is 22.9 Å². The molecule has 0 N–H and O–H groups in total. The van der Waals surface area contributed by atoms with Gasteiger partial charge in [0.15, 0.2) is 0 Å². The van der Waals surface area contributed by atoms with E-state index in [0.717, 1.165) is 28.5 Å². The van der Waals surface area contributed by atoms with Crippen LogP contribution in [0.5, 0.6) is 0 Å². The molecule has 0 bridgehead atoms. The van der Waals surface area contributed by atoms with E-state index in [1.807, 2.05) is 19.9 Å². The maximum atomic E-state index is 11.4. The van der Waals surface area contributed by atoms with Crippen molar-refractivity contribution >= 4 is 17.7 Å². The second-order valence-corrected chi connectivity index (χ2v) is 5.70. The molecule has 0 aliphatic rings. The summed E-state index contributed by atoms with van der Waals surface area (Å²) in [5.41, 5.74) is 2.53. The van der Waals surface area contributed by atoms with Crippen LogP contribution in [0.2, 0.25) is 0 Å². The van der Waals surface area contributed by atoms with Crippen LogP contribution in [0.15, 0.2) is 11.1 Å². The summed E-state index contributed by atoms with van der Waals surface area (Å²) in [5.74, 6) is 0.930. The maximum absolute atomic E-state index is 11.4. The first-order valence-corrected chi connectivity index (χ1v) is 7.15. The van der Waals surface area contributed by atoms with Crippen molar-refractivity contribution in [2.45, 2.75) is 31.7 Å². The SMILES string of the molecule is Cc1cc(C)c(C#N)c(SCCCC(=O)N(C)C)n1. The third-order valence-electron chi connectivity index (χ3n) is 2.70. The van der Waals surface area contributed by atoms with Crippen LogP contribution < -0.4 is 0 Å². The van der Waals surface area contributed by atoms with Crippen LogP contribution in [0.3, 0.4) is 0 Å². The largest absolute Gasteiger partial charge is 0.349 e. The number of hydrogen-bond donors (Lipinski definition) is 0. The third kappa shape index (κ3) is 4.56. The molecule has 0 fully saturated rings. The van der Waals surface area contributed by atoms with Gasteiger partial charge >= 0.3 is 0 Å². The number of aromatic nitrogens is 1. The van der Waals surface area contributed by atoms with Gasteiger partial charge in [-0.15, -0.1) is 11.8 Å². The minimum Gasteiger partial charge on any atom is -0.349 e. The lowest BCUT2D eigenvalue weighted by Crippen LogP contribution is -2.21. The lowest BCUT2D eigenvalue weighted by Gasteiger charge is -2.10. The van der Waals surface area contributed by atoms with Gasteiger partial charge in [0.2, 0.25) is 5.91 Å². The fourth-order valence-corrected chi connectivity index (χ4v) is 2.70. The van der Waals surface area contributed by atoms with Crippen molar-refractivity contribution < 1.29 is 4.79 Å². The van der Waals surface area contributed by atoms with E-state index in [2.05, 4.69) is 11.1 Å². The zero-order valence-corrected chi connectivity index (χ0v) is 12.7. The number of carbonyl (C=O) groups excluding carboxylic acids is 1. The minimum absolute atomic E-state index is 0.134. The molecular weight excluding hydrogens is 258 g/mol. The molecular formula is C14H19N3OS. The van der Waals surface area contributed by atoms with E-state index in [9.17, 15) is 4.79 Å². The van der Waals surface area contributed by atoms with E-state index >= 15 is 0 Å². The first-order chi connectivity index (χ1) is 8.95. The van der Waals surface area contributed by atoms with Gasteiger partial charge in [-0.05, 0) is 31.9 Å². The second kappa shape index (κ2) is 7.15. The monoisotopic (exact) mass is 277 g/mol. The average molecular weight is 277 g/mol. The van der Waals surface area contributed by atoms with Crippen LogP contribution in [0.25, 0.3) is 0 Å². The van der Waals surface area contributed by atoms with Crippen molar-refractivity contribution in [1.29, 1.82) is 5.26 Å². The predicted molar refractivity (Wildman–Crippen MR) is 77.1 cm³/mol. The van der Waals surface area contributed by atoms with Crippen LogP contribution in [0.4, 0.5) is 0 Å². The van der Waals surface area contributed by atoms with Crippen molar-refractivity contribution in [3.8, 4) is 6.07 Å². The quantitative estimate of drug-likeness (QED) is 0.613. The highest BCUT2D eigenvalue weighted by Gasteiger charge is 2.09. The number of amides is 1. The number of thioether (sulfide) groups is 1. The molecule has 1 amide bonds. The number of pyridine rings is 1. The molecule has 0 aliphatic carbocycles. The third-order valence-corrected chi connectivity index (χ3v) is 3.76. The molecule has 0 unspecified atom stereocenters. The van der Waals surface area contributed by atoms with Crippen molar-refractivity contribution in [2.75, 3.05) is 19.8 Å². The van der Waals surface area contributed by atoms with E-state index < -0.39 is 0 Å². The zero-order chi connectivity index (χ0) is 14.4. The van der Waals surface area contributed by atoms with Crippen LogP contribution in [0, 0.1) is 25.2 Å². The van der Waals surface area contributed by atoms with Gasteiger partial charge in [0.05, 0.1) is 5.56 Å². The van der Waals surface area contributed by atoms with Gasteiger partial charge < -0.3 is 4.90 Å². The molecule has 0 spiro atoms. The van der Waals surface area contributed by atoms with Gasteiger partial charge in [-0.3, -0.25) is 4.79 Å². The number of rotatable bonds is 5. The Hall–Kier alpha value is -1.54. The minimum atomic E-state index is 0.134. The molecule has 1 heterocycles. The van der Waals surface area contributed by atoms with E-state index in [0.29, 0.717) is 12.0 Å². The molecule has 0 aromatic carbocycles. The first kappa shape index (κ1) is 15.5. The highest BCUT2D eigenvalue weighted by molar-refractivity contribution is 7.99. The van der Waals surface area contributed by atoms with Gasteiger partial charge in [0.1, 0.15) is 11.1 Å². The van der Waals surface area contributed by atoms with Gasteiger partial charge in [-0.25, -0.2) is 4.98 Å². The Morgan fingerprint density at radius 3 is 2.74 bits per heavy atom. The molecule has 0 atom stereocenters. The summed E-state index contributed by atoms with van der Waals surface area (Å²) in [7, 11) is 3.52. The first-order valence-electron chi connectivity index (χ1n) is 6.17. The number of hydrogen-bond acceptors (Lipinski definition) is 4. The van der Waals surface area contributed by atoms with Crippen LogP contribution in [0.1, 0.15) is 29.7 Å². The summed E-state index contributed by atoms with van der Waals surface area (Å²) in [6.45, 7) is 3.85. The summed E-state index contributed by atoms with van der Waals surface area (Å²) in [6.07, 6.45) is 1.33. The average Bonchev–Trinajstić information content (AvgIpc) is 2.33. The van der Waals surface area contributed by atoms with Gasteiger partial charge in [-0.2, -0.15) is 5.26 Å². The molecule has 5 heteroatoms. The number of carbonyl (C=O) groups is 1. The Bertz CT molecular complexity index is 506.